The standard InChI is InChI=1S/C38H40N4/c1-4-5-10-25(2)26-15-17-27(18-16-26)38(3,28-19-21-36(41)32(23-28)30-11-6-8-13-34(30)39)29-20-22-37(42)33(24-29)31-12-7-9-14-35(31)40/h4-15,17,19,21-24,29H,1-2,16,18,20,39-42H2,3H3/b10-5-. The van der Waals surface area contributed by atoms with Gasteiger partial charge >= 0.3 is 0 Å². The summed E-state index contributed by atoms with van der Waals surface area (Å²) in [7, 11) is 0. The van der Waals surface area contributed by atoms with E-state index in [0.717, 1.165) is 52.8 Å². The van der Waals surface area contributed by atoms with Crippen LogP contribution < -0.4 is 22.9 Å². The van der Waals surface area contributed by atoms with Crippen molar-refractivity contribution in [3.63, 3.8) is 0 Å². The molecule has 8 N–H and O–H groups in total. The lowest BCUT2D eigenvalue weighted by Crippen LogP contribution is -2.35. The quantitative estimate of drug-likeness (QED) is 0.167. The molecule has 2 unspecified atom stereocenters. The first-order valence-electron chi connectivity index (χ1n) is 14.4. The number of benzene rings is 3. The van der Waals surface area contributed by atoms with Gasteiger partial charge in [0.2, 0.25) is 0 Å². The maximum Gasteiger partial charge on any atom is 0.0394 e. The minimum Gasteiger partial charge on any atom is -0.398 e. The molecule has 3 aromatic carbocycles. The number of nitrogen functional groups attached to an aromatic ring is 3. The van der Waals surface area contributed by atoms with Crippen molar-refractivity contribution < 1.29 is 0 Å². The average molecular weight is 553 g/mol. The van der Waals surface area contributed by atoms with Crippen molar-refractivity contribution in [1.82, 2.24) is 0 Å². The van der Waals surface area contributed by atoms with Gasteiger partial charge in [0, 0.05) is 50.4 Å². The summed E-state index contributed by atoms with van der Waals surface area (Å²) in [6.07, 6.45) is 17.3. The van der Waals surface area contributed by atoms with Crippen molar-refractivity contribution in [3.8, 4) is 11.1 Å². The van der Waals surface area contributed by atoms with Crippen molar-refractivity contribution in [1.29, 1.82) is 0 Å². The highest BCUT2D eigenvalue weighted by atomic mass is 14.6. The highest BCUT2D eigenvalue weighted by Crippen LogP contribution is 2.49. The summed E-state index contributed by atoms with van der Waals surface area (Å²) in [5.74, 6) is 0.120. The molecule has 0 aromatic heterocycles. The molecule has 42 heavy (non-hydrogen) atoms. The third-order valence-electron chi connectivity index (χ3n) is 8.83. The van der Waals surface area contributed by atoms with Gasteiger partial charge in [-0.15, -0.1) is 0 Å². The van der Waals surface area contributed by atoms with Crippen molar-refractivity contribution >= 4 is 22.6 Å². The van der Waals surface area contributed by atoms with Crippen molar-refractivity contribution in [3.05, 3.63) is 156 Å². The number of para-hydroxylation sites is 2. The normalized spacial score (nSPS) is 18.4. The lowest BCUT2D eigenvalue weighted by molar-refractivity contribution is 0.394. The first kappa shape index (κ1) is 28.6. The van der Waals surface area contributed by atoms with Gasteiger partial charge in [-0.2, -0.15) is 0 Å². The summed E-state index contributed by atoms with van der Waals surface area (Å²) in [6, 6.07) is 22.2. The van der Waals surface area contributed by atoms with Gasteiger partial charge in [0.1, 0.15) is 0 Å². The number of anilines is 3. The van der Waals surface area contributed by atoms with Crippen LogP contribution in [0.4, 0.5) is 17.1 Å². The largest absolute Gasteiger partial charge is 0.398 e. The van der Waals surface area contributed by atoms with Crippen LogP contribution in [-0.4, -0.2) is 0 Å². The van der Waals surface area contributed by atoms with Gasteiger partial charge in [-0.3, -0.25) is 0 Å². The molecule has 5 rings (SSSR count). The Morgan fingerprint density at radius 2 is 1.50 bits per heavy atom. The van der Waals surface area contributed by atoms with Crippen molar-refractivity contribution in [2.24, 2.45) is 11.7 Å². The minimum absolute atomic E-state index is 0.120. The van der Waals surface area contributed by atoms with Gasteiger partial charge in [0.25, 0.3) is 0 Å². The van der Waals surface area contributed by atoms with Gasteiger partial charge < -0.3 is 22.9 Å². The van der Waals surface area contributed by atoms with Crippen molar-refractivity contribution in [2.75, 3.05) is 17.2 Å². The third kappa shape index (κ3) is 5.36. The lowest BCUT2D eigenvalue weighted by Gasteiger charge is -2.42. The molecule has 0 amide bonds. The van der Waals surface area contributed by atoms with Gasteiger partial charge in [0.15, 0.2) is 0 Å². The minimum atomic E-state index is -0.363. The molecule has 2 aliphatic rings. The number of rotatable bonds is 8. The molecule has 212 valence electrons. The molecule has 2 aliphatic carbocycles. The smallest absolute Gasteiger partial charge is 0.0394 e. The summed E-state index contributed by atoms with van der Waals surface area (Å²) in [4.78, 5) is 0. The highest BCUT2D eigenvalue weighted by Gasteiger charge is 2.40. The van der Waals surface area contributed by atoms with Crippen LogP contribution in [0.1, 0.15) is 37.3 Å². The van der Waals surface area contributed by atoms with Crippen LogP contribution in [0.15, 0.2) is 145 Å². The molecular formula is C38H40N4. The summed E-state index contributed by atoms with van der Waals surface area (Å²) in [6.45, 7) is 10.4. The third-order valence-corrected chi connectivity index (χ3v) is 8.83. The second-order valence-electron chi connectivity index (χ2n) is 11.3. The van der Waals surface area contributed by atoms with Crippen LogP contribution >= 0.6 is 0 Å². The molecule has 3 aromatic rings. The molecule has 0 spiro atoms. The fourth-order valence-electron chi connectivity index (χ4n) is 6.24. The van der Waals surface area contributed by atoms with Crippen LogP contribution in [-0.2, 0) is 5.41 Å². The highest BCUT2D eigenvalue weighted by molar-refractivity contribution is 5.86. The maximum absolute atomic E-state index is 6.59. The lowest BCUT2D eigenvalue weighted by atomic mass is 9.61. The van der Waals surface area contributed by atoms with E-state index >= 15 is 0 Å². The van der Waals surface area contributed by atoms with E-state index in [1.165, 1.54) is 16.7 Å². The zero-order valence-electron chi connectivity index (χ0n) is 24.3. The molecule has 0 saturated carbocycles. The Morgan fingerprint density at radius 3 is 2.14 bits per heavy atom. The summed E-state index contributed by atoms with van der Waals surface area (Å²) in [5, 5.41) is 0. The zero-order chi connectivity index (χ0) is 29.9. The zero-order valence-corrected chi connectivity index (χ0v) is 24.3. The van der Waals surface area contributed by atoms with E-state index in [1.807, 2.05) is 66.7 Å². The van der Waals surface area contributed by atoms with E-state index in [4.69, 9.17) is 22.9 Å². The molecule has 0 bridgehead atoms. The fraction of sp³-hybridized carbons (Fsp3) is 0.158. The number of nitrogens with two attached hydrogens (primary N) is 4. The summed E-state index contributed by atoms with van der Waals surface area (Å²) >= 11 is 0. The summed E-state index contributed by atoms with van der Waals surface area (Å²) in [5.41, 5.74) is 37.1. The SMILES string of the molecule is C=C/C=C\C(=C)C1=CC=C(C(C)(c2ccc(N)c(-c3ccccc3N)c2)C2C=C(c3ccccc3N)C(N)=CC2)CC1. The molecule has 0 saturated heterocycles. The molecule has 2 atom stereocenters. The average Bonchev–Trinajstić information content (AvgIpc) is 3.01. The fourth-order valence-corrected chi connectivity index (χ4v) is 6.24. The van der Waals surface area contributed by atoms with E-state index in [-0.39, 0.29) is 11.3 Å². The van der Waals surface area contributed by atoms with Crippen LogP contribution in [0.5, 0.6) is 0 Å². The maximum atomic E-state index is 6.59. The van der Waals surface area contributed by atoms with Crippen LogP contribution in [0.2, 0.25) is 0 Å². The summed E-state index contributed by atoms with van der Waals surface area (Å²) < 4.78 is 0. The van der Waals surface area contributed by atoms with Gasteiger partial charge in [-0.1, -0.05) is 111 Å². The second kappa shape index (κ2) is 11.9. The molecule has 0 fully saturated rings. The van der Waals surface area contributed by atoms with Crippen LogP contribution in [0.3, 0.4) is 0 Å². The van der Waals surface area contributed by atoms with Gasteiger partial charge in [-0.25, -0.2) is 0 Å². The van der Waals surface area contributed by atoms with Crippen molar-refractivity contribution in [2.45, 2.75) is 31.6 Å². The van der Waals surface area contributed by atoms with Crippen LogP contribution in [0, 0.1) is 5.92 Å². The van der Waals surface area contributed by atoms with Crippen LogP contribution in [0.25, 0.3) is 16.7 Å². The van der Waals surface area contributed by atoms with Gasteiger partial charge in [0.05, 0.1) is 0 Å². The number of hydrogen-bond acceptors (Lipinski definition) is 4. The first-order valence-corrected chi connectivity index (χ1v) is 14.4. The van der Waals surface area contributed by atoms with Gasteiger partial charge in [-0.05, 0) is 66.2 Å². The number of hydrogen-bond donors (Lipinski definition) is 4. The van der Waals surface area contributed by atoms with E-state index < -0.39 is 0 Å². The Hall–Kier alpha value is -4.96. The molecule has 4 heteroatoms. The predicted octanol–water partition coefficient (Wildman–Crippen LogP) is 8.25. The van der Waals surface area contributed by atoms with E-state index in [0.29, 0.717) is 17.1 Å². The molecule has 0 heterocycles. The Bertz CT molecular complexity index is 1700. The van der Waals surface area contributed by atoms with E-state index in [1.54, 1.807) is 6.08 Å². The molecular weight excluding hydrogens is 512 g/mol. The first-order chi connectivity index (χ1) is 20.2. The molecule has 4 nitrogen and oxygen atoms in total. The number of allylic oxidation sites excluding steroid dienone is 11. The van der Waals surface area contributed by atoms with E-state index in [2.05, 4.69) is 56.5 Å². The Kier molecular flexibility index (Phi) is 8.08. The molecule has 0 radical (unpaired) electrons. The predicted molar refractivity (Wildman–Crippen MR) is 181 cm³/mol. The Labute approximate surface area is 249 Å². The molecule has 0 aliphatic heterocycles. The monoisotopic (exact) mass is 552 g/mol. The van der Waals surface area contributed by atoms with E-state index in [9.17, 15) is 0 Å². The Balaban J connectivity index is 1.68. The Morgan fingerprint density at radius 1 is 0.833 bits per heavy atom. The topological polar surface area (TPSA) is 104 Å². The second-order valence-corrected chi connectivity index (χ2v) is 11.3.